The van der Waals surface area contributed by atoms with Crippen molar-refractivity contribution < 1.29 is 17.6 Å². The number of alkyl halides is 3. The van der Waals surface area contributed by atoms with Gasteiger partial charge in [-0.2, -0.15) is 13.2 Å². The molecule has 1 saturated heterocycles. The van der Waals surface area contributed by atoms with Gasteiger partial charge in [0.25, 0.3) is 0 Å². The zero-order valence-electron chi connectivity index (χ0n) is 10.4. The van der Waals surface area contributed by atoms with Crippen molar-refractivity contribution in [3.05, 3.63) is 35.1 Å². The highest BCUT2D eigenvalue weighted by Crippen LogP contribution is 2.37. The molecule has 1 atom stereocenters. The SMILES string of the molecule is NCC(c1ccc(F)cc1C(F)(F)F)N1CCCC1. The van der Waals surface area contributed by atoms with Gasteiger partial charge in [0.2, 0.25) is 0 Å². The average molecular weight is 276 g/mol. The van der Waals surface area contributed by atoms with E-state index in [4.69, 9.17) is 5.73 Å². The summed E-state index contributed by atoms with van der Waals surface area (Å²) in [7, 11) is 0. The maximum Gasteiger partial charge on any atom is 0.416 e. The second-order valence-electron chi connectivity index (χ2n) is 4.72. The normalized spacial score (nSPS) is 18.8. The van der Waals surface area contributed by atoms with Crippen molar-refractivity contribution in [2.24, 2.45) is 5.73 Å². The summed E-state index contributed by atoms with van der Waals surface area (Å²) in [5, 5.41) is 0. The Labute approximate surface area is 109 Å². The van der Waals surface area contributed by atoms with Crippen LogP contribution in [0.2, 0.25) is 0 Å². The molecule has 0 aliphatic carbocycles. The van der Waals surface area contributed by atoms with Crippen LogP contribution in [0.5, 0.6) is 0 Å². The molecule has 0 aromatic heterocycles. The van der Waals surface area contributed by atoms with E-state index in [1.807, 2.05) is 4.90 Å². The number of hydrogen-bond acceptors (Lipinski definition) is 2. The van der Waals surface area contributed by atoms with Crippen molar-refractivity contribution in [3.63, 3.8) is 0 Å². The van der Waals surface area contributed by atoms with Crippen LogP contribution < -0.4 is 5.73 Å². The van der Waals surface area contributed by atoms with Crippen molar-refractivity contribution in [1.82, 2.24) is 4.90 Å². The summed E-state index contributed by atoms with van der Waals surface area (Å²) in [5.41, 5.74) is 4.78. The van der Waals surface area contributed by atoms with Crippen molar-refractivity contribution in [2.75, 3.05) is 19.6 Å². The van der Waals surface area contributed by atoms with E-state index >= 15 is 0 Å². The molecular weight excluding hydrogens is 260 g/mol. The van der Waals surface area contributed by atoms with E-state index in [1.54, 1.807) is 0 Å². The van der Waals surface area contributed by atoms with E-state index in [1.165, 1.54) is 6.07 Å². The van der Waals surface area contributed by atoms with Crippen molar-refractivity contribution >= 4 is 0 Å². The largest absolute Gasteiger partial charge is 0.416 e. The Kier molecular flexibility index (Phi) is 4.10. The standard InChI is InChI=1S/C13H16F4N2/c14-9-3-4-10(11(7-9)13(15,16)17)12(8-18)19-5-1-2-6-19/h3-4,7,12H,1-2,5-6,8,18H2. The molecule has 1 aliphatic rings. The Balaban J connectivity index is 2.41. The van der Waals surface area contributed by atoms with Gasteiger partial charge in [-0.1, -0.05) is 6.07 Å². The van der Waals surface area contributed by atoms with Gasteiger partial charge in [-0.3, -0.25) is 4.90 Å². The molecule has 1 fully saturated rings. The second-order valence-corrected chi connectivity index (χ2v) is 4.72. The molecule has 1 aromatic carbocycles. The van der Waals surface area contributed by atoms with Crippen LogP contribution in [0.3, 0.4) is 0 Å². The molecule has 2 rings (SSSR count). The molecule has 1 aliphatic heterocycles. The first-order valence-electron chi connectivity index (χ1n) is 6.24. The lowest BCUT2D eigenvalue weighted by atomic mass is 9.98. The minimum absolute atomic E-state index is 0.0679. The summed E-state index contributed by atoms with van der Waals surface area (Å²) < 4.78 is 52.0. The number of likely N-dealkylation sites (tertiary alicyclic amines) is 1. The minimum Gasteiger partial charge on any atom is -0.329 e. The average Bonchev–Trinajstić information content (AvgIpc) is 2.84. The Bertz CT molecular complexity index is 439. The lowest BCUT2D eigenvalue weighted by Crippen LogP contribution is -2.33. The van der Waals surface area contributed by atoms with Gasteiger partial charge in [-0.05, 0) is 43.6 Å². The van der Waals surface area contributed by atoms with Crippen LogP contribution >= 0.6 is 0 Å². The summed E-state index contributed by atoms with van der Waals surface area (Å²) in [4.78, 5) is 1.93. The van der Waals surface area contributed by atoms with Gasteiger partial charge < -0.3 is 5.73 Å². The van der Waals surface area contributed by atoms with Crippen LogP contribution in [0.1, 0.15) is 30.0 Å². The van der Waals surface area contributed by atoms with Crippen LogP contribution in [0.15, 0.2) is 18.2 Å². The molecule has 0 spiro atoms. The molecule has 0 amide bonds. The van der Waals surface area contributed by atoms with Crippen molar-refractivity contribution in [2.45, 2.75) is 25.1 Å². The Morgan fingerprint density at radius 1 is 1.21 bits per heavy atom. The summed E-state index contributed by atoms with van der Waals surface area (Å²) >= 11 is 0. The van der Waals surface area contributed by atoms with E-state index in [9.17, 15) is 17.6 Å². The number of nitrogens with zero attached hydrogens (tertiary/aromatic N) is 1. The number of nitrogens with two attached hydrogens (primary N) is 1. The fourth-order valence-electron chi connectivity index (χ4n) is 2.59. The molecule has 2 N–H and O–H groups in total. The molecule has 1 unspecified atom stereocenters. The maximum atomic E-state index is 13.1. The highest BCUT2D eigenvalue weighted by atomic mass is 19.4. The Morgan fingerprint density at radius 2 is 1.84 bits per heavy atom. The van der Waals surface area contributed by atoms with E-state index in [2.05, 4.69) is 0 Å². The third kappa shape index (κ3) is 3.06. The molecule has 0 saturated carbocycles. The van der Waals surface area contributed by atoms with Crippen LogP contribution in [0.25, 0.3) is 0 Å². The highest BCUT2D eigenvalue weighted by Gasteiger charge is 2.37. The van der Waals surface area contributed by atoms with Crippen molar-refractivity contribution in [3.8, 4) is 0 Å². The van der Waals surface area contributed by atoms with Gasteiger partial charge in [0.1, 0.15) is 5.82 Å². The fraction of sp³-hybridized carbons (Fsp3) is 0.538. The van der Waals surface area contributed by atoms with Gasteiger partial charge in [-0.15, -0.1) is 0 Å². The van der Waals surface area contributed by atoms with Crippen LogP contribution in [0.4, 0.5) is 17.6 Å². The number of halogens is 4. The van der Waals surface area contributed by atoms with Crippen LogP contribution in [0, 0.1) is 5.82 Å². The third-order valence-electron chi connectivity index (χ3n) is 3.48. The van der Waals surface area contributed by atoms with Crippen LogP contribution in [-0.4, -0.2) is 24.5 Å². The maximum absolute atomic E-state index is 13.1. The molecule has 19 heavy (non-hydrogen) atoms. The predicted molar refractivity (Wildman–Crippen MR) is 64.0 cm³/mol. The fourth-order valence-corrected chi connectivity index (χ4v) is 2.59. The second kappa shape index (κ2) is 5.46. The van der Waals surface area contributed by atoms with E-state index in [-0.39, 0.29) is 12.1 Å². The molecule has 1 heterocycles. The first-order valence-corrected chi connectivity index (χ1v) is 6.24. The van der Waals surface area contributed by atoms with Gasteiger partial charge in [0.05, 0.1) is 5.56 Å². The lowest BCUT2D eigenvalue weighted by Gasteiger charge is -2.29. The molecule has 0 radical (unpaired) electrons. The van der Waals surface area contributed by atoms with Crippen molar-refractivity contribution in [1.29, 1.82) is 0 Å². The first kappa shape index (κ1) is 14.3. The molecule has 2 nitrogen and oxygen atoms in total. The molecule has 6 heteroatoms. The highest BCUT2D eigenvalue weighted by molar-refractivity contribution is 5.33. The van der Waals surface area contributed by atoms with E-state index in [0.717, 1.165) is 32.0 Å². The Morgan fingerprint density at radius 3 is 2.37 bits per heavy atom. The summed E-state index contributed by atoms with van der Waals surface area (Å²) in [6.07, 6.45) is -2.65. The quantitative estimate of drug-likeness (QED) is 0.860. The van der Waals surface area contributed by atoms with E-state index < -0.39 is 23.6 Å². The zero-order chi connectivity index (χ0) is 14.0. The van der Waals surface area contributed by atoms with Crippen LogP contribution in [-0.2, 0) is 6.18 Å². The number of rotatable bonds is 3. The summed E-state index contributed by atoms with van der Waals surface area (Å²) in [6, 6.07) is 2.31. The minimum atomic E-state index is -4.56. The van der Waals surface area contributed by atoms with Gasteiger partial charge in [-0.25, -0.2) is 4.39 Å². The number of hydrogen-bond donors (Lipinski definition) is 1. The Hall–Kier alpha value is -1.14. The van der Waals surface area contributed by atoms with Gasteiger partial charge in [0, 0.05) is 12.6 Å². The third-order valence-corrected chi connectivity index (χ3v) is 3.48. The first-order chi connectivity index (χ1) is 8.93. The predicted octanol–water partition coefficient (Wildman–Crippen LogP) is 2.94. The molecule has 1 aromatic rings. The topological polar surface area (TPSA) is 29.3 Å². The molecule has 106 valence electrons. The molecule has 0 bridgehead atoms. The summed E-state index contributed by atoms with van der Waals surface area (Å²) in [6.45, 7) is 1.56. The molecular formula is C13H16F4N2. The monoisotopic (exact) mass is 276 g/mol. The lowest BCUT2D eigenvalue weighted by molar-refractivity contribution is -0.138. The van der Waals surface area contributed by atoms with E-state index in [0.29, 0.717) is 6.07 Å². The number of benzene rings is 1. The van der Waals surface area contributed by atoms with Gasteiger partial charge >= 0.3 is 6.18 Å². The zero-order valence-corrected chi connectivity index (χ0v) is 10.4. The summed E-state index contributed by atoms with van der Waals surface area (Å²) in [5.74, 6) is -0.881. The smallest absolute Gasteiger partial charge is 0.329 e. The van der Waals surface area contributed by atoms with Gasteiger partial charge in [0.15, 0.2) is 0 Å².